The van der Waals surface area contributed by atoms with E-state index in [4.69, 9.17) is 9.47 Å². The van der Waals surface area contributed by atoms with Gasteiger partial charge in [0.2, 0.25) is 0 Å². The molecule has 0 spiro atoms. The molecule has 1 aromatic rings. The van der Waals surface area contributed by atoms with Crippen LogP contribution in [0, 0.1) is 5.92 Å². The van der Waals surface area contributed by atoms with E-state index >= 15 is 0 Å². The van der Waals surface area contributed by atoms with E-state index in [9.17, 15) is 0 Å². The SMILES string of the molecule is CCOc1ncccc1OC(CC)C1CCCNC1. The Labute approximate surface area is 115 Å². The third-order valence-corrected chi connectivity index (χ3v) is 3.56. The fourth-order valence-electron chi connectivity index (χ4n) is 2.58. The Morgan fingerprint density at radius 2 is 2.37 bits per heavy atom. The summed E-state index contributed by atoms with van der Waals surface area (Å²) in [5.41, 5.74) is 0. The van der Waals surface area contributed by atoms with Crippen molar-refractivity contribution in [1.29, 1.82) is 0 Å². The summed E-state index contributed by atoms with van der Waals surface area (Å²) in [4.78, 5) is 4.24. The number of piperidine rings is 1. The lowest BCUT2D eigenvalue weighted by Crippen LogP contribution is -2.39. The zero-order valence-electron chi connectivity index (χ0n) is 11.9. The molecule has 106 valence electrons. The summed E-state index contributed by atoms with van der Waals surface area (Å²) < 4.78 is 11.7. The largest absolute Gasteiger partial charge is 0.484 e. The second kappa shape index (κ2) is 7.34. The average molecular weight is 264 g/mol. The molecule has 0 radical (unpaired) electrons. The van der Waals surface area contributed by atoms with Crippen LogP contribution in [-0.4, -0.2) is 30.8 Å². The molecule has 2 unspecified atom stereocenters. The highest BCUT2D eigenvalue weighted by Gasteiger charge is 2.24. The first kappa shape index (κ1) is 14.1. The maximum absolute atomic E-state index is 6.16. The number of nitrogens with one attached hydrogen (secondary N) is 1. The van der Waals surface area contributed by atoms with Gasteiger partial charge in [-0.3, -0.25) is 0 Å². The van der Waals surface area contributed by atoms with Crippen LogP contribution in [0.2, 0.25) is 0 Å². The summed E-state index contributed by atoms with van der Waals surface area (Å²) in [6.45, 7) is 6.92. The minimum Gasteiger partial charge on any atom is -0.484 e. The van der Waals surface area contributed by atoms with Crippen LogP contribution in [-0.2, 0) is 0 Å². The van der Waals surface area contributed by atoms with Crippen LogP contribution < -0.4 is 14.8 Å². The van der Waals surface area contributed by atoms with Crippen molar-refractivity contribution in [2.24, 2.45) is 5.92 Å². The highest BCUT2D eigenvalue weighted by molar-refractivity contribution is 5.32. The predicted octanol–water partition coefficient (Wildman–Crippen LogP) is 2.64. The first-order valence-electron chi connectivity index (χ1n) is 7.30. The van der Waals surface area contributed by atoms with E-state index in [-0.39, 0.29) is 6.10 Å². The van der Waals surface area contributed by atoms with Gasteiger partial charge in [-0.25, -0.2) is 4.98 Å². The van der Waals surface area contributed by atoms with Gasteiger partial charge in [0.1, 0.15) is 6.10 Å². The van der Waals surface area contributed by atoms with E-state index in [0.717, 1.165) is 25.3 Å². The molecule has 2 heterocycles. The topological polar surface area (TPSA) is 43.4 Å². The molecule has 1 saturated heterocycles. The van der Waals surface area contributed by atoms with E-state index in [1.54, 1.807) is 6.20 Å². The molecule has 2 rings (SSSR count). The Bertz CT molecular complexity index is 378. The number of nitrogens with zero attached hydrogens (tertiary/aromatic N) is 1. The first-order chi connectivity index (χ1) is 9.35. The third-order valence-electron chi connectivity index (χ3n) is 3.56. The van der Waals surface area contributed by atoms with Gasteiger partial charge in [0.15, 0.2) is 5.75 Å². The second-order valence-corrected chi connectivity index (χ2v) is 4.91. The number of hydrogen-bond acceptors (Lipinski definition) is 4. The van der Waals surface area contributed by atoms with Crippen LogP contribution in [0.4, 0.5) is 0 Å². The Morgan fingerprint density at radius 3 is 3.05 bits per heavy atom. The van der Waals surface area contributed by atoms with Crippen molar-refractivity contribution in [3.8, 4) is 11.6 Å². The lowest BCUT2D eigenvalue weighted by Gasteiger charge is -2.30. The number of aromatic nitrogens is 1. The third kappa shape index (κ3) is 3.83. The zero-order chi connectivity index (χ0) is 13.5. The Morgan fingerprint density at radius 1 is 1.47 bits per heavy atom. The molecular weight excluding hydrogens is 240 g/mol. The van der Waals surface area contributed by atoms with Crippen molar-refractivity contribution in [3.05, 3.63) is 18.3 Å². The van der Waals surface area contributed by atoms with Crippen LogP contribution >= 0.6 is 0 Å². The number of pyridine rings is 1. The summed E-state index contributed by atoms with van der Waals surface area (Å²) in [6.07, 6.45) is 5.44. The molecular formula is C15H24N2O2. The van der Waals surface area contributed by atoms with Crippen molar-refractivity contribution in [3.63, 3.8) is 0 Å². The first-order valence-corrected chi connectivity index (χ1v) is 7.30. The minimum absolute atomic E-state index is 0.233. The van der Waals surface area contributed by atoms with Gasteiger partial charge in [-0.05, 0) is 44.9 Å². The lowest BCUT2D eigenvalue weighted by molar-refractivity contribution is 0.106. The van der Waals surface area contributed by atoms with Gasteiger partial charge >= 0.3 is 0 Å². The van der Waals surface area contributed by atoms with Gasteiger partial charge in [-0.15, -0.1) is 0 Å². The molecule has 0 aromatic carbocycles. The number of hydrogen-bond donors (Lipinski definition) is 1. The molecule has 1 fully saturated rings. The standard InChI is InChI=1S/C15H24N2O2/c1-3-13(12-7-5-9-16-11-12)19-14-8-6-10-17-15(14)18-4-2/h6,8,10,12-13,16H,3-5,7,9,11H2,1-2H3. The van der Waals surface area contributed by atoms with Gasteiger partial charge in [0, 0.05) is 18.7 Å². The Balaban J connectivity index is 2.04. The van der Waals surface area contributed by atoms with Gasteiger partial charge in [-0.1, -0.05) is 6.92 Å². The van der Waals surface area contributed by atoms with Crippen molar-refractivity contribution < 1.29 is 9.47 Å². The summed E-state index contributed by atoms with van der Waals surface area (Å²) in [5, 5.41) is 3.45. The molecule has 1 aliphatic heterocycles. The molecule has 19 heavy (non-hydrogen) atoms. The average Bonchev–Trinajstić information content (AvgIpc) is 2.47. The molecule has 1 aliphatic rings. The maximum Gasteiger partial charge on any atom is 0.256 e. The van der Waals surface area contributed by atoms with E-state index in [1.165, 1.54) is 12.8 Å². The van der Waals surface area contributed by atoms with Crippen LogP contribution in [0.3, 0.4) is 0 Å². The monoisotopic (exact) mass is 264 g/mol. The van der Waals surface area contributed by atoms with Gasteiger partial charge in [-0.2, -0.15) is 0 Å². The highest BCUT2D eigenvalue weighted by atomic mass is 16.5. The smallest absolute Gasteiger partial charge is 0.256 e. The fraction of sp³-hybridized carbons (Fsp3) is 0.667. The molecule has 0 bridgehead atoms. The fourth-order valence-corrected chi connectivity index (χ4v) is 2.58. The number of ether oxygens (including phenoxy) is 2. The molecule has 2 atom stereocenters. The van der Waals surface area contributed by atoms with Gasteiger partial charge < -0.3 is 14.8 Å². The predicted molar refractivity (Wildman–Crippen MR) is 75.7 cm³/mol. The molecule has 1 aromatic heterocycles. The minimum atomic E-state index is 0.233. The molecule has 4 heteroatoms. The quantitative estimate of drug-likeness (QED) is 0.858. The van der Waals surface area contributed by atoms with Gasteiger partial charge in [0.25, 0.3) is 5.88 Å². The van der Waals surface area contributed by atoms with Crippen LogP contribution in [0.25, 0.3) is 0 Å². The molecule has 1 N–H and O–H groups in total. The van der Waals surface area contributed by atoms with Crippen molar-refractivity contribution in [2.45, 2.75) is 39.2 Å². The Hall–Kier alpha value is -1.29. The summed E-state index contributed by atoms with van der Waals surface area (Å²) in [6, 6.07) is 3.83. The lowest BCUT2D eigenvalue weighted by atomic mass is 9.92. The normalized spacial score (nSPS) is 20.8. The van der Waals surface area contributed by atoms with Crippen LogP contribution in [0.1, 0.15) is 33.1 Å². The van der Waals surface area contributed by atoms with E-state index in [1.807, 2.05) is 19.1 Å². The van der Waals surface area contributed by atoms with E-state index < -0.39 is 0 Å². The van der Waals surface area contributed by atoms with E-state index in [0.29, 0.717) is 18.4 Å². The molecule has 0 aliphatic carbocycles. The molecule has 0 saturated carbocycles. The second-order valence-electron chi connectivity index (χ2n) is 4.91. The van der Waals surface area contributed by atoms with E-state index in [2.05, 4.69) is 17.2 Å². The highest BCUT2D eigenvalue weighted by Crippen LogP contribution is 2.28. The summed E-state index contributed by atoms with van der Waals surface area (Å²) in [7, 11) is 0. The zero-order valence-corrected chi connectivity index (χ0v) is 11.9. The van der Waals surface area contributed by atoms with Crippen LogP contribution in [0.15, 0.2) is 18.3 Å². The molecule has 4 nitrogen and oxygen atoms in total. The number of rotatable bonds is 6. The van der Waals surface area contributed by atoms with Crippen molar-refractivity contribution in [1.82, 2.24) is 10.3 Å². The molecule has 0 amide bonds. The summed E-state index contributed by atoms with van der Waals surface area (Å²) >= 11 is 0. The maximum atomic E-state index is 6.16. The van der Waals surface area contributed by atoms with Crippen molar-refractivity contribution in [2.75, 3.05) is 19.7 Å². The Kier molecular flexibility index (Phi) is 5.45. The van der Waals surface area contributed by atoms with Crippen molar-refractivity contribution >= 4 is 0 Å². The van der Waals surface area contributed by atoms with Gasteiger partial charge in [0.05, 0.1) is 6.61 Å². The van der Waals surface area contributed by atoms with Crippen LogP contribution in [0.5, 0.6) is 11.6 Å². The summed E-state index contributed by atoms with van der Waals surface area (Å²) in [5.74, 6) is 1.95.